The monoisotopic (exact) mass is 614 g/mol. The number of nitrogens with one attached hydrogen (secondary N) is 1. The van der Waals surface area contributed by atoms with Gasteiger partial charge < -0.3 is 24.3 Å². The van der Waals surface area contributed by atoms with Crippen molar-refractivity contribution >= 4 is 28.4 Å². The van der Waals surface area contributed by atoms with E-state index in [0.717, 1.165) is 4.80 Å². The van der Waals surface area contributed by atoms with E-state index in [1.54, 1.807) is 51.1 Å². The molecule has 4 aromatic rings. The number of tetrazole rings is 1. The predicted octanol–water partition coefficient (Wildman–Crippen LogP) is 3.65. The van der Waals surface area contributed by atoms with Crippen LogP contribution in [0.2, 0.25) is 0 Å². The average molecular weight is 615 g/mol. The SMILES string of the molecule is COc1cc(C(=O)[C@H]2C(=O)c3cc(-c4nnn(COC(=O)C(C)(C)C)n4)ccc3OC23CCNCC3)nc2c(OC)cccc12. The molecule has 1 saturated heterocycles. The number of hydrogen-bond donors (Lipinski definition) is 1. The number of benzene rings is 2. The number of para-hydroxylation sites is 1. The van der Waals surface area contributed by atoms with Gasteiger partial charge in [-0.25, -0.2) is 4.98 Å². The van der Waals surface area contributed by atoms with Crippen molar-refractivity contribution in [3.05, 3.63) is 53.7 Å². The van der Waals surface area contributed by atoms with Crippen LogP contribution in [0.4, 0.5) is 0 Å². The maximum absolute atomic E-state index is 14.4. The van der Waals surface area contributed by atoms with E-state index in [1.165, 1.54) is 14.2 Å². The van der Waals surface area contributed by atoms with Gasteiger partial charge in [-0.05, 0) is 69.4 Å². The summed E-state index contributed by atoms with van der Waals surface area (Å²) in [5, 5.41) is 16.3. The summed E-state index contributed by atoms with van der Waals surface area (Å²) in [4.78, 5) is 46.8. The van der Waals surface area contributed by atoms with Crippen molar-refractivity contribution in [3.8, 4) is 28.6 Å². The van der Waals surface area contributed by atoms with E-state index in [0.29, 0.717) is 59.6 Å². The van der Waals surface area contributed by atoms with Gasteiger partial charge in [0.2, 0.25) is 12.6 Å². The van der Waals surface area contributed by atoms with Gasteiger partial charge in [-0.2, -0.15) is 0 Å². The lowest BCUT2D eigenvalue weighted by molar-refractivity contribution is -0.157. The normalized spacial score (nSPS) is 17.4. The van der Waals surface area contributed by atoms with Crippen LogP contribution >= 0.6 is 0 Å². The number of ketones is 2. The first-order valence-corrected chi connectivity index (χ1v) is 14.6. The highest BCUT2D eigenvalue weighted by atomic mass is 16.5. The van der Waals surface area contributed by atoms with E-state index in [-0.39, 0.29) is 29.6 Å². The number of carbonyl (C=O) groups is 3. The number of carbonyl (C=O) groups excluding carboxylic acids is 3. The fourth-order valence-corrected chi connectivity index (χ4v) is 5.77. The zero-order valence-corrected chi connectivity index (χ0v) is 25.7. The lowest BCUT2D eigenvalue weighted by atomic mass is 9.71. The minimum Gasteiger partial charge on any atom is -0.496 e. The van der Waals surface area contributed by atoms with Crippen LogP contribution in [0.3, 0.4) is 0 Å². The molecule has 0 bridgehead atoms. The van der Waals surface area contributed by atoms with Gasteiger partial charge in [0.05, 0.1) is 25.2 Å². The quantitative estimate of drug-likeness (QED) is 0.183. The third-order valence-corrected chi connectivity index (χ3v) is 8.15. The molecule has 1 atom stereocenters. The maximum Gasteiger partial charge on any atom is 0.313 e. The average Bonchev–Trinajstić information content (AvgIpc) is 3.51. The third-order valence-electron chi connectivity index (χ3n) is 8.15. The van der Waals surface area contributed by atoms with Crippen molar-refractivity contribution < 1.29 is 33.3 Å². The molecule has 0 amide bonds. The Hall–Kier alpha value is -4.91. The minimum absolute atomic E-state index is 0.0812. The molecule has 2 aromatic carbocycles. The molecular weight excluding hydrogens is 580 g/mol. The number of methoxy groups -OCH3 is 2. The number of piperidine rings is 1. The van der Waals surface area contributed by atoms with Gasteiger partial charge in [-0.1, -0.05) is 6.07 Å². The first kappa shape index (κ1) is 30.1. The lowest BCUT2D eigenvalue weighted by Gasteiger charge is -2.45. The van der Waals surface area contributed by atoms with Gasteiger partial charge in [0.1, 0.15) is 40.0 Å². The van der Waals surface area contributed by atoms with Crippen molar-refractivity contribution in [3.63, 3.8) is 0 Å². The molecule has 13 nitrogen and oxygen atoms in total. The van der Waals surface area contributed by atoms with Crippen molar-refractivity contribution in [1.82, 2.24) is 30.5 Å². The van der Waals surface area contributed by atoms with Crippen molar-refractivity contribution in [2.75, 3.05) is 27.3 Å². The highest BCUT2D eigenvalue weighted by Gasteiger charge is 2.54. The van der Waals surface area contributed by atoms with Crippen molar-refractivity contribution in [2.45, 2.75) is 45.9 Å². The smallest absolute Gasteiger partial charge is 0.313 e. The first-order valence-electron chi connectivity index (χ1n) is 14.6. The van der Waals surface area contributed by atoms with Crippen LogP contribution in [0.15, 0.2) is 42.5 Å². The second kappa shape index (κ2) is 11.5. The van der Waals surface area contributed by atoms with Gasteiger partial charge in [-0.3, -0.25) is 14.4 Å². The Morgan fingerprint density at radius 2 is 1.82 bits per heavy atom. The molecule has 2 aliphatic rings. The summed E-state index contributed by atoms with van der Waals surface area (Å²) in [6.07, 6.45) is 0.904. The van der Waals surface area contributed by atoms with E-state index in [4.69, 9.17) is 18.9 Å². The van der Waals surface area contributed by atoms with Crippen LogP contribution in [-0.2, 0) is 16.3 Å². The summed E-state index contributed by atoms with van der Waals surface area (Å²) in [6.45, 7) is 6.20. The molecule has 2 aliphatic heterocycles. The molecule has 2 aromatic heterocycles. The number of nitrogens with zero attached hydrogens (tertiary/aromatic N) is 5. The second-order valence-electron chi connectivity index (χ2n) is 12.2. The zero-order valence-electron chi connectivity index (χ0n) is 25.7. The van der Waals surface area contributed by atoms with Crippen LogP contribution in [0, 0.1) is 11.3 Å². The molecule has 234 valence electrons. The summed E-state index contributed by atoms with van der Waals surface area (Å²) in [7, 11) is 3.04. The number of rotatable bonds is 7. The van der Waals surface area contributed by atoms with Crippen molar-refractivity contribution in [2.24, 2.45) is 11.3 Å². The minimum atomic E-state index is -1.16. The van der Waals surface area contributed by atoms with E-state index >= 15 is 0 Å². The first-order chi connectivity index (χ1) is 21.5. The lowest BCUT2D eigenvalue weighted by Crippen LogP contribution is -2.58. The number of hydrogen-bond acceptors (Lipinski definition) is 12. The third kappa shape index (κ3) is 5.48. The highest BCUT2D eigenvalue weighted by molar-refractivity contribution is 6.19. The van der Waals surface area contributed by atoms with Crippen LogP contribution in [0.1, 0.15) is 54.5 Å². The molecule has 1 N–H and O–H groups in total. The van der Waals surface area contributed by atoms with Crippen LogP contribution < -0.4 is 19.5 Å². The van der Waals surface area contributed by atoms with E-state index < -0.39 is 28.7 Å². The molecule has 4 heterocycles. The van der Waals surface area contributed by atoms with Crippen LogP contribution in [0.5, 0.6) is 17.2 Å². The Morgan fingerprint density at radius 1 is 1.07 bits per heavy atom. The Kier molecular flexibility index (Phi) is 7.73. The van der Waals surface area contributed by atoms with Gasteiger partial charge in [0.15, 0.2) is 11.6 Å². The molecule has 1 spiro atoms. The number of fused-ring (bicyclic) bond motifs is 2. The zero-order chi connectivity index (χ0) is 31.9. The van der Waals surface area contributed by atoms with E-state index in [1.807, 2.05) is 12.1 Å². The molecule has 1 fully saturated rings. The maximum atomic E-state index is 14.4. The fraction of sp³-hybridized carbons (Fsp3) is 0.406. The molecule has 0 saturated carbocycles. The van der Waals surface area contributed by atoms with Gasteiger partial charge in [0, 0.05) is 29.9 Å². The molecule has 0 radical (unpaired) electrons. The van der Waals surface area contributed by atoms with E-state index in [9.17, 15) is 14.4 Å². The van der Waals surface area contributed by atoms with Crippen LogP contribution in [0.25, 0.3) is 22.3 Å². The van der Waals surface area contributed by atoms with Crippen LogP contribution in [-0.4, -0.2) is 75.6 Å². The Labute approximate surface area is 259 Å². The number of pyridine rings is 1. The highest BCUT2D eigenvalue weighted by Crippen LogP contribution is 2.45. The largest absolute Gasteiger partial charge is 0.496 e. The Bertz CT molecular complexity index is 1810. The van der Waals surface area contributed by atoms with Gasteiger partial charge >= 0.3 is 5.97 Å². The standard InChI is InChI=1S/C32H34N6O7/c1-31(2,3)30(41)44-17-38-36-29(35-37-38)18-9-10-22-20(15-18)27(39)25(32(45-22)11-13-33-14-12-32)28(40)21-16-24(43-5)19-7-6-8-23(42-4)26(19)34-21/h6-10,15-16,25,33H,11-14,17H2,1-5H3/t25-/m1/s1. The summed E-state index contributed by atoms with van der Waals surface area (Å²) in [5.41, 5.74) is -0.481. The molecule has 0 aliphatic carbocycles. The summed E-state index contributed by atoms with van der Waals surface area (Å²) in [6, 6.07) is 12.0. The van der Waals surface area contributed by atoms with Gasteiger partial charge in [-0.15, -0.1) is 15.0 Å². The van der Waals surface area contributed by atoms with E-state index in [2.05, 4.69) is 25.7 Å². The number of Topliss-reactive ketones (excluding diaryl/α,β-unsaturated/α-hetero) is 2. The molecule has 6 rings (SSSR count). The summed E-state index contributed by atoms with van der Waals surface area (Å²) >= 11 is 0. The Morgan fingerprint density at radius 3 is 2.53 bits per heavy atom. The topological polar surface area (TPSA) is 157 Å². The summed E-state index contributed by atoms with van der Waals surface area (Å²) < 4.78 is 23.0. The molecule has 45 heavy (non-hydrogen) atoms. The number of aromatic nitrogens is 5. The predicted molar refractivity (Wildman–Crippen MR) is 161 cm³/mol. The second-order valence-corrected chi connectivity index (χ2v) is 12.2. The number of ether oxygens (including phenoxy) is 4. The number of esters is 1. The fourth-order valence-electron chi connectivity index (χ4n) is 5.77. The molecular formula is C32H34N6O7. The van der Waals surface area contributed by atoms with Crippen molar-refractivity contribution in [1.29, 1.82) is 0 Å². The Balaban J connectivity index is 1.36. The molecule has 13 heteroatoms. The van der Waals surface area contributed by atoms with Gasteiger partial charge in [0.25, 0.3) is 0 Å². The summed E-state index contributed by atoms with van der Waals surface area (Å²) in [5.74, 6) is -0.888. The molecule has 0 unspecified atom stereocenters.